The van der Waals surface area contributed by atoms with E-state index >= 15 is 0 Å². The molecule has 0 spiro atoms. The highest BCUT2D eigenvalue weighted by Gasteiger charge is 2.30. The van der Waals surface area contributed by atoms with Crippen LogP contribution in [-0.2, 0) is 0 Å². The summed E-state index contributed by atoms with van der Waals surface area (Å²) in [6, 6.07) is 10.0. The lowest BCUT2D eigenvalue weighted by Gasteiger charge is -2.24. The van der Waals surface area contributed by atoms with Gasteiger partial charge in [-0.1, -0.05) is 34.8 Å². The molecule has 1 aromatic rings. The van der Waals surface area contributed by atoms with Crippen LogP contribution in [0.5, 0.6) is 0 Å². The summed E-state index contributed by atoms with van der Waals surface area (Å²) < 4.78 is 1.15. The van der Waals surface area contributed by atoms with Crippen molar-refractivity contribution in [3.63, 3.8) is 0 Å². The highest BCUT2D eigenvalue weighted by atomic mass is 127. The quantitative estimate of drug-likeness (QED) is 0.315. The molecule has 5 nitrogen and oxygen atoms in total. The second-order valence-electron chi connectivity index (χ2n) is 8.60. The van der Waals surface area contributed by atoms with E-state index in [0.29, 0.717) is 12.0 Å². The fourth-order valence-electron chi connectivity index (χ4n) is 5.04. The number of hydrogen-bond acceptors (Lipinski definition) is 3. The lowest BCUT2D eigenvalue weighted by molar-refractivity contribution is 0.242. The predicted molar refractivity (Wildman–Crippen MR) is 137 cm³/mol. The molecular weight excluding hydrogens is 541 g/mol. The van der Waals surface area contributed by atoms with Crippen molar-refractivity contribution in [3.05, 3.63) is 28.7 Å². The molecule has 2 aliphatic heterocycles. The van der Waals surface area contributed by atoms with Gasteiger partial charge in [-0.3, -0.25) is 9.89 Å². The van der Waals surface area contributed by atoms with Gasteiger partial charge in [0.25, 0.3) is 0 Å². The van der Waals surface area contributed by atoms with Gasteiger partial charge in [-0.2, -0.15) is 0 Å². The van der Waals surface area contributed by atoms with Crippen LogP contribution in [0.4, 0.5) is 5.69 Å². The Labute approximate surface area is 201 Å². The lowest BCUT2D eigenvalue weighted by atomic mass is 10.1. The maximum absolute atomic E-state index is 4.48. The summed E-state index contributed by atoms with van der Waals surface area (Å²) in [7, 11) is 1.89. The monoisotopic (exact) mass is 575 g/mol. The first-order chi connectivity index (χ1) is 13.7. The zero-order valence-electron chi connectivity index (χ0n) is 17.4. The molecule has 2 N–H and O–H groups in total. The first kappa shape index (κ1) is 23.1. The highest BCUT2D eigenvalue weighted by molar-refractivity contribution is 14.0. The maximum Gasteiger partial charge on any atom is 0.191 e. The molecule has 3 fully saturated rings. The number of likely N-dealkylation sites (tertiary alicyclic amines) is 1. The standard InChI is InChI=1S/C22H34BrN5.HI/c1-24-22(26-19-10-12-28(16-19)20-6-2-3-7-20)25-14-17-9-11-27(15-17)21-8-4-5-18(23)13-21;/h4-5,8,13,17,19-20H,2-3,6-7,9-12,14-16H2,1H3,(H2,24,25,26);1H. The number of anilines is 1. The summed E-state index contributed by atoms with van der Waals surface area (Å²) in [6.07, 6.45) is 8.10. The molecule has 2 unspecified atom stereocenters. The molecule has 1 saturated carbocycles. The zero-order chi connectivity index (χ0) is 19.3. The van der Waals surface area contributed by atoms with Crippen LogP contribution in [-0.4, -0.2) is 62.7 Å². The Morgan fingerprint density at radius 3 is 2.72 bits per heavy atom. The van der Waals surface area contributed by atoms with E-state index in [2.05, 4.69) is 65.6 Å². The number of nitrogens with zero attached hydrogens (tertiary/aromatic N) is 3. The molecule has 1 aliphatic carbocycles. The van der Waals surface area contributed by atoms with Gasteiger partial charge in [-0.15, -0.1) is 24.0 Å². The summed E-state index contributed by atoms with van der Waals surface area (Å²) in [5.74, 6) is 1.63. The summed E-state index contributed by atoms with van der Waals surface area (Å²) in [6.45, 7) is 5.64. The molecule has 2 saturated heterocycles. The average molecular weight is 576 g/mol. The third-order valence-corrected chi connectivity index (χ3v) is 7.14. The van der Waals surface area contributed by atoms with Gasteiger partial charge in [0.1, 0.15) is 0 Å². The van der Waals surface area contributed by atoms with Crippen molar-refractivity contribution in [3.8, 4) is 0 Å². The van der Waals surface area contributed by atoms with E-state index in [1.54, 1.807) is 0 Å². The highest BCUT2D eigenvalue weighted by Crippen LogP contribution is 2.27. The number of nitrogens with one attached hydrogen (secondary N) is 2. The minimum absolute atomic E-state index is 0. The summed E-state index contributed by atoms with van der Waals surface area (Å²) in [5.41, 5.74) is 1.32. The van der Waals surface area contributed by atoms with Gasteiger partial charge in [-0.05, 0) is 49.8 Å². The molecule has 1 aromatic carbocycles. The van der Waals surface area contributed by atoms with Gasteiger partial charge >= 0.3 is 0 Å². The van der Waals surface area contributed by atoms with Crippen molar-refractivity contribution < 1.29 is 0 Å². The van der Waals surface area contributed by atoms with Gasteiger partial charge in [0.15, 0.2) is 5.96 Å². The van der Waals surface area contributed by atoms with E-state index < -0.39 is 0 Å². The predicted octanol–water partition coefficient (Wildman–Crippen LogP) is 4.08. The number of hydrogen-bond donors (Lipinski definition) is 2. The number of benzene rings is 1. The molecule has 7 heteroatoms. The van der Waals surface area contributed by atoms with E-state index in [0.717, 1.165) is 36.1 Å². The number of aliphatic imine (C=N–C) groups is 1. The van der Waals surface area contributed by atoms with E-state index in [9.17, 15) is 0 Å². The Hall–Kier alpha value is -0.540. The van der Waals surface area contributed by atoms with Crippen LogP contribution in [0.2, 0.25) is 0 Å². The molecule has 0 bridgehead atoms. The van der Waals surface area contributed by atoms with Gasteiger partial charge in [0, 0.05) is 62.0 Å². The summed E-state index contributed by atoms with van der Waals surface area (Å²) >= 11 is 3.58. The van der Waals surface area contributed by atoms with Crippen LogP contribution >= 0.6 is 39.9 Å². The lowest BCUT2D eigenvalue weighted by Crippen LogP contribution is -2.46. The van der Waals surface area contributed by atoms with Crippen LogP contribution in [0.15, 0.2) is 33.7 Å². The SMILES string of the molecule is CN=C(NCC1CCN(c2cccc(Br)c2)C1)NC1CCN(C2CCCC2)C1.I. The van der Waals surface area contributed by atoms with Crippen LogP contribution < -0.4 is 15.5 Å². The van der Waals surface area contributed by atoms with Crippen LogP contribution in [0.25, 0.3) is 0 Å². The number of guanidine groups is 1. The normalized spacial score (nSPS) is 26.0. The molecule has 29 heavy (non-hydrogen) atoms. The number of rotatable bonds is 5. The largest absolute Gasteiger partial charge is 0.371 e. The second kappa shape index (κ2) is 11.2. The third-order valence-electron chi connectivity index (χ3n) is 6.64. The van der Waals surface area contributed by atoms with Gasteiger partial charge in [0.2, 0.25) is 0 Å². The molecule has 0 amide bonds. The van der Waals surface area contributed by atoms with Gasteiger partial charge in [-0.25, -0.2) is 0 Å². The Balaban J connectivity index is 0.00000240. The first-order valence-electron chi connectivity index (χ1n) is 10.9. The zero-order valence-corrected chi connectivity index (χ0v) is 21.4. The smallest absolute Gasteiger partial charge is 0.191 e. The topological polar surface area (TPSA) is 42.9 Å². The molecular formula is C22H35BrIN5. The van der Waals surface area contributed by atoms with Crippen molar-refractivity contribution in [1.29, 1.82) is 0 Å². The molecule has 0 radical (unpaired) electrons. The van der Waals surface area contributed by atoms with Crippen LogP contribution in [0.1, 0.15) is 38.5 Å². The van der Waals surface area contributed by atoms with Gasteiger partial charge < -0.3 is 15.5 Å². The van der Waals surface area contributed by atoms with Crippen molar-refractivity contribution >= 4 is 51.6 Å². The summed E-state index contributed by atoms with van der Waals surface area (Å²) in [4.78, 5) is 9.67. The van der Waals surface area contributed by atoms with Crippen molar-refractivity contribution in [2.75, 3.05) is 44.7 Å². The van der Waals surface area contributed by atoms with Crippen LogP contribution in [0, 0.1) is 5.92 Å². The molecule has 0 aromatic heterocycles. The fraction of sp³-hybridized carbons (Fsp3) is 0.682. The molecule has 162 valence electrons. The van der Waals surface area contributed by atoms with Crippen molar-refractivity contribution in [1.82, 2.24) is 15.5 Å². The van der Waals surface area contributed by atoms with Crippen molar-refractivity contribution in [2.24, 2.45) is 10.9 Å². The Morgan fingerprint density at radius 1 is 1.14 bits per heavy atom. The van der Waals surface area contributed by atoms with E-state index in [-0.39, 0.29) is 24.0 Å². The number of halogens is 2. The first-order valence-corrected chi connectivity index (χ1v) is 11.7. The van der Waals surface area contributed by atoms with Gasteiger partial charge in [0.05, 0.1) is 0 Å². The Morgan fingerprint density at radius 2 is 1.97 bits per heavy atom. The Bertz CT molecular complexity index is 679. The minimum atomic E-state index is 0. The average Bonchev–Trinajstić information content (AvgIpc) is 3.46. The van der Waals surface area contributed by atoms with E-state index in [1.165, 1.54) is 57.3 Å². The van der Waals surface area contributed by atoms with E-state index in [4.69, 9.17) is 0 Å². The van der Waals surface area contributed by atoms with Crippen molar-refractivity contribution in [2.45, 2.75) is 50.6 Å². The molecule has 2 heterocycles. The summed E-state index contributed by atoms with van der Waals surface area (Å²) in [5, 5.41) is 7.26. The maximum atomic E-state index is 4.48. The molecule has 2 atom stereocenters. The molecule has 4 rings (SSSR count). The Kier molecular flexibility index (Phi) is 8.92. The second-order valence-corrected chi connectivity index (χ2v) is 9.51. The minimum Gasteiger partial charge on any atom is -0.371 e. The van der Waals surface area contributed by atoms with Crippen LogP contribution in [0.3, 0.4) is 0 Å². The fourth-order valence-corrected chi connectivity index (χ4v) is 5.43. The molecule has 3 aliphatic rings. The third kappa shape index (κ3) is 6.23. The van der Waals surface area contributed by atoms with E-state index in [1.807, 2.05) is 7.05 Å².